The minimum absolute atomic E-state index is 0.826. The monoisotopic (exact) mass is 542 g/mol. The van der Waals surface area contributed by atoms with E-state index in [-0.39, 0.29) is 0 Å². The third-order valence-electron chi connectivity index (χ3n) is 5.45. The van der Waals surface area contributed by atoms with Gasteiger partial charge in [-0.1, -0.05) is 109 Å². The Kier molecular flexibility index (Phi) is 9.90. The van der Waals surface area contributed by atoms with Crippen LogP contribution < -0.4 is 0 Å². The van der Waals surface area contributed by atoms with E-state index in [0.29, 0.717) is 0 Å². The van der Waals surface area contributed by atoms with Crippen LogP contribution in [-0.2, 0) is 20.8 Å². The zero-order chi connectivity index (χ0) is 22.9. The molecule has 0 aromatic heterocycles. The Morgan fingerprint density at radius 2 is 0.667 bits per heavy atom. The van der Waals surface area contributed by atoms with Crippen LogP contribution in [0, 0.1) is 61.2 Å². The Labute approximate surface area is 218 Å². The molecule has 4 aliphatic carbocycles. The predicted octanol–water partition coefficient (Wildman–Crippen LogP) is 7.99. The van der Waals surface area contributed by atoms with Crippen LogP contribution in [0.4, 0.5) is 0 Å². The number of hydrogen-bond donors (Lipinski definition) is 0. The molecule has 0 atom stereocenters. The van der Waals surface area contributed by atoms with Crippen LogP contribution in [0.5, 0.6) is 0 Å². The molecule has 0 spiro atoms. The number of fused-ring (bicyclic) bond motifs is 2. The third-order valence-corrected chi connectivity index (χ3v) is 5.45. The van der Waals surface area contributed by atoms with Crippen molar-refractivity contribution < 1.29 is 20.8 Å². The molecule has 4 aliphatic rings. The topological polar surface area (TPSA) is 0 Å². The Balaban J connectivity index is 0.000000141. The molecule has 0 saturated heterocycles. The van der Waals surface area contributed by atoms with Crippen molar-refractivity contribution >= 4 is 17.0 Å². The van der Waals surface area contributed by atoms with Gasteiger partial charge in [-0.2, -0.15) is 0 Å². The number of rotatable bonds is 2. The molecule has 2 aromatic carbocycles. The third kappa shape index (κ3) is 6.94. The van der Waals surface area contributed by atoms with E-state index in [1.165, 1.54) is 46.6 Å². The summed E-state index contributed by atoms with van der Waals surface area (Å²) in [6.45, 7) is 0. The number of hydrogen-bond acceptors (Lipinski definition) is 0. The van der Waals surface area contributed by atoms with Gasteiger partial charge in [0.15, 0.2) is 0 Å². The average Bonchev–Trinajstić information content (AvgIpc) is 3.51. The zero-order valence-corrected chi connectivity index (χ0v) is 21.9. The Bertz CT molecular complexity index is 844. The van der Waals surface area contributed by atoms with Gasteiger partial charge >= 0.3 is 37.9 Å². The molecule has 0 nitrogen and oxygen atoms in total. The van der Waals surface area contributed by atoms with Crippen molar-refractivity contribution in [2.45, 2.75) is 0 Å². The van der Waals surface area contributed by atoms with Gasteiger partial charge in [-0.3, -0.25) is 0 Å². The molecule has 0 bridgehead atoms. The van der Waals surface area contributed by atoms with E-state index >= 15 is 0 Å². The van der Waals surface area contributed by atoms with Gasteiger partial charge in [0.25, 0.3) is 0 Å². The molecule has 0 heterocycles. The van der Waals surface area contributed by atoms with Gasteiger partial charge in [-0.05, 0) is 36.8 Å². The summed E-state index contributed by atoms with van der Waals surface area (Å²) in [6, 6.07) is 21.0. The Morgan fingerprint density at radius 3 is 0.939 bits per heavy atom. The molecule has 6 rings (SSSR count). The van der Waals surface area contributed by atoms with Crippen molar-refractivity contribution in [2.75, 3.05) is 0 Å². The molecule has 0 unspecified atom stereocenters. The summed E-state index contributed by atoms with van der Waals surface area (Å²) >= 11 is -0.826. The fraction of sp³-hybridized carbons (Fsp3) is 0. The van der Waals surface area contributed by atoms with Crippen molar-refractivity contribution in [3.8, 4) is 0 Å². The molecule has 0 N–H and O–H groups in total. The summed E-state index contributed by atoms with van der Waals surface area (Å²) in [6.07, 6.45) is 25.9. The summed E-state index contributed by atoms with van der Waals surface area (Å²) in [4.78, 5) is 0. The van der Waals surface area contributed by atoms with Gasteiger partial charge < -0.3 is 0 Å². The first-order valence-corrected chi connectivity index (χ1v) is 17.0. The van der Waals surface area contributed by atoms with Crippen LogP contribution in [0.25, 0.3) is 0 Å². The van der Waals surface area contributed by atoms with Crippen molar-refractivity contribution in [3.05, 3.63) is 182 Å². The van der Waals surface area contributed by atoms with Gasteiger partial charge in [-0.25, -0.2) is 0 Å². The summed E-state index contributed by atoms with van der Waals surface area (Å²) in [5.74, 6) is 7.87. The van der Waals surface area contributed by atoms with Crippen LogP contribution in [0.2, 0.25) is 0 Å². The minimum atomic E-state index is -0.826. The van der Waals surface area contributed by atoms with Crippen molar-refractivity contribution in [2.24, 2.45) is 0 Å². The standard InChI is InChI=1S/2C15H11.2ClH.Zr/c2*1-2-6-12(7-3-1)15-10-13-8-4-5-9-14(13)11-15;;;/h2*1-11H;2*1H;/q;;;;+4/p-2. The van der Waals surface area contributed by atoms with Gasteiger partial charge in [0.05, 0.1) is 0 Å². The fourth-order valence-corrected chi connectivity index (χ4v) is 3.90. The molecule has 3 heteroatoms. The quantitative estimate of drug-likeness (QED) is 0.360. The van der Waals surface area contributed by atoms with Crippen LogP contribution in [-0.4, -0.2) is 0 Å². The van der Waals surface area contributed by atoms with Crippen LogP contribution in [0.15, 0.2) is 109 Å². The molecule has 33 heavy (non-hydrogen) atoms. The molecule has 2 fully saturated rings. The van der Waals surface area contributed by atoms with Crippen molar-refractivity contribution in [3.63, 3.8) is 0 Å². The number of benzene rings is 2. The molecule has 2 saturated carbocycles. The second-order valence-corrected chi connectivity index (χ2v) is 11.3. The average molecular weight is 545 g/mol. The molecule has 0 aliphatic heterocycles. The molecule has 0 amide bonds. The van der Waals surface area contributed by atoms with E-state index < -0.39 is 20.8 Å². The van der Waals surface area contributed by atoms with E-state index in [4.69, 9.17) is 17.0 Å². The molecule has 10 radical (unpaired) electrons. The van der Waals surface area contributed by atoms with Gasteiger partial charge in [0, 0.05) is 35.5 Å². The zero-order valence-electron chi connectivity index (χ0n) is 18.0. The number of allylic oxidation sites excluding steroid dienone is 8. The normalized spacial score (nSPS) is 20.4. The van der Waals surface area contributed by atoms with E-state index in [0.717, 1.165) is 0 Å². The maximum absolute atomic E-state index is 4.93. The van der Waals surface area contributed by atoms with Crippen LogP contribution in [0.3, 0.4) is 0 Å². The first kappa shape index (κ1) is 25.0. The fourth-order valence-electron chi connectivity index (χ4n) is 3.90. The number of halogens is 2. The first-order chi connectivity index (χ1) is 16.3. The van der Waals surface area contributed by atoms with Gasteiger partial charge in [0.1, 0.15) is 0 Å². The summed E-state index contributed by atoms with van der Waals surface area (Å²) < 4.78 is 0. The maximum atomic E-state index is 4.93. The summed E-state index contributed by atoms with van der Waals surface area (Å²) in [5.41, 5.74) is 2.57. The van der Waals surface area contributed by atoms with Crippen molar-refractivity contribution in [1.29, 1.82) is 0 Å². The van der Waals surface area contributed by atoms with E-state index in [1.54, 1.807) is 0 Å². The van der Waals surface area contributed by atoms with Crippen LogP contribution in [0.1, 0.15) is 11.1 Å². The molecule has 2 aromatic rings. The Hall–Kier alpha value is -1.14. The summed E-state index contributed by atoms with van der Waals surface area (Å²) in [5, 5.41) is 0. The molecule has 158 valence electrons. The van der Waals surface area contributed by atoms with E-state index in [1.807, 2.05) is 12.1 Å². The first-order valence-electron chi connectivity index (χ1n) is 10.7. The SMILES string of the molecule is [CH]1[C]2C=CC=C[C]2[CH][C]1c1ccccc1.[CH]1[C]2C=CC=C[C]2[CH][C]1c1ccccc1.[Cl][Zr+2][Cl]. The Morgan fingerprint density at radius 1 is 0.394 bits per heavy atom. The van der Waals surface area contributed by atoms with Crippen molar-refractivity contribution in [1.82, 2.24) is 0 Å². The second kappa shape index (κ2) is 13.1. The van der Waals surface area contributed by atoms with Gasteiger partial charge in [0.2, 0.25) is 0 Å². The predicted molar refractivity (Wildman–Crippen MR) is 136 cm³/mol. The molecular weight excluding hydrogens is 522 g/mol. The molecular formula is C30H22Cl2Zr+2. The second-order valence-electron chi connectivity index (χ2n) is 7.55. The van der Waals surface area contributed by atoms with E-state index in [9.17, 15) is 0 Å². The van der Waals surface area contributed by atoms with Gasteiger partial charge in [-0.15, -0.1) is 0 Å². The summed E-state index contributed by atoms with van der Waals surface area (Å²) in [7, 11) is 9.87. The van der Waals surface area contributed by atoms with E-state index in [2.05, 4.69) is 123 Å². The van der Waals surface area contributed by atoms with Crippen LogP contribution >= 0.6 is 17.0 Å².